The molecule has 0 saturated carbocycles. The van der Waals surface area contributed by atoms with Gasteiger partial charge in [0.15, 0.2) is 0 Å². The molecule has 2 aromatic heterocycles. The van der Waals surface area contributed by atoms with Crippen LogP contribution in [-0.4, -0.2) is 32.5 Å². The van der Waals surface area contributed by atoms with Crippen LogP contribution < -0.4 is 10.6 Å². The van der Waals surface area contributed by atoms with Crippen molar-refractivity contribution in [2.75, 3.05) is 17.2 Å². The molecule has 0 saturated heterocycles. The van der Waals surface area contributed by atoms with Crippen LogP contribution >= 0.6 is 0 Å². The average Bonchev–Trinajstić information content (AvgIpc) is 2.79. The van der Waals surface area contributed by atoms with Gasteiger partial charge >= 0.3 is 11.7 Å². The molecular weight excluding hydrogens is 424 g/mol. The third-order valence-corrected chi connectivity index (χ3v) is 4.80. The number of para-hydroxylation sites is 1. The Balaban J connectivity index is 1.74. The van der Waals surface area contributed by atoms with Gasteiger partial charge in [0, 0.05) is 16.8 Å². The number of hydrogen-bond acceptors (Lipinski definition) is 9. The van der Waals surface area contributed by atoms with Crippen LogP contribution in [0.5, 0.6) is 0 Å². The van der Waals surface area contributed by atoms with Crippen molar-refractivity contribution in [2.24, 2.45) is 0 Å². The second kappa shape index (κ2) is 9.27. The molecule has 2 heterocycles. The fraction of sp³-hybridized carbons (Fsp3) is 0.130. The fourth-order valence-electron chi connectivity index (χ4n) is 3.33. The number of ether oxygens (including phenoxy) is 1. The van der Waals surface area contributed by atoms with E-state index < -0.39 is 10.9 Å². The molecular formula is C23H20N6O4. The number of hydrogen-bond donors (Lipinski definition) is 2. The maximum atomic E-state index is 12.3. The van der Waals surface area contributed by atoms with Crippen molar-refractivity contribution in [1.82, 2.24) is 15.0 Å². The summed E-state index contributed by atoms with van der Waals surface area (Å²) >= 11 is 0. The average molecular weight is 444 g/mol. The molecule has 0 spiro atoms. The van der Waals surface area contributed by atoms with Crippen molar-refractivity contribution in [1.29, 1.82) is 0 Å². The van der Waals surface area contributed by atoms with Crippen LogP contribution in [-0.2, 0) is 4.74 Å². The summed E-state index contributed by atoms with van der Waals surface area (Å²) in [5.41, 5.74) is 2.41. The molecule has 2 aromatic carbocycles. The Kier molecular flexibility index (Phi) is 6.07. The lowest BCUT2D eigenvalue weighted by Gasteiger charge is -2.13. The fourth-order valence-corrected chi connectivity index (χ4v) is 3.33. The summed E-state index contributed by atoms with van der Waals surface area (Å²) in [6, 6.07) is 15.8. The summed E-state index contributed by atoms with van der Waals surface area (Å²) in [7, 11) is 0. The molecule has 33 heavy (non-hydrogen) atoms. The number of aryl methyl sites for hydroxylation is 1. The quantitative estimate of drug-likeness (QED) is 0.232. The molecule has 166 valence electrons. The van der Waals surface area contributed by atoms with E-state index in [1.165, 1.54) is 6.33 Å². The molecule has 0 bridgehead atoms. The monoisotopic (exact) mass is 444 g/mol. The molecule has 0 radical (unpaired) electrons. The number of fused-ring (bicyclic) bond motifs is 1. The van der Waals surface area contributed by atoms with Crippen LogP contribution in [0, 0.1) is 17.0 Å². The predicted octanol–water partition coefficient (Wildman–Crippen LogP) is 4.91. The zero-order valence-corrected chi connectivity index (χ0v) is 17.9. The van der Waals surface area contributed by atoms with Crippen molar-refractivity contribution >= 4 is 45.6 Å². The minimum Gasteiger partial charge on any atom is -0.462 e. The Hall–Kier alpha value is -4.60. The smallest absolute Gasteiger partial charge is 0.353 e. The lowest BCUT2D eigenvalue weighted by atomic mass is 10.1. The molecule has 0 aliphatic heterocycles. The maximum absolute atomic E-state index is 12.3. The van der Waals surface area contributed by atoms with Crippen LogP contribution in [0.1, 0.15) is 23.0 Å². The second-order valence-corrected chi connectivity index (χ2v) is 7.02. The highest BCUT2D eigenvalue weighted by atomic mass is 16.6. The van der Waals surface area contributed by atoms with Gasteiger partial charge in [0.2, 0.25) is 11.6 Å². The molecule has 0 amide bonds. The molecule has 10 nitrogen and oxygen atoms in total. The standard InChI is InChI=1S/C23H20N6O4/c1-3-33-23(30)16-7-4-5-8-19(16)28-22-20(29(31)32)21(24-13-25-22)27-18-10-6-9-17-15(18)12-11-14(2)26-17/h4-13H,3H2,1-2H3,(H2,24,25,27,28). The largest absolute Gasteiger partial charge is 0.462 e. The first-order valence-corrected chi connectivity index (χ1v) is 10.1. The van der Waals surface area contributed by atoms with Crippen LogP contribution in [0.15, 0.2) is 60.9 Å². The predicted molar refractivity (Wildman–Crippen MR) is 124 cm³/mol. The van der Waals surface area contributed by atoms with Gasteiger partial charge in [-0.25, -0.2) is 14.8 Å². The molecule has 0 unspecified atom stereocenters. The number of rotatable bonds is 7. The van der Waals surface area contributed by atoms with Crippen LogP contribution in [0.2, 0.25) is 0 Å². The third-order valence-electron chi connectivity index (χ3n) is 4.80. The molecule has 4 rings (SSSR count). The molecule has 0 aliphatic carbocycles. The summed E-state index contributed by atoms with van der Waals surface area (Å²) in [4.78, 5) is 36.3. The van der Waals surface area contributed by atoms with Crippen molar-refractivity contribution in [3.05, 3.63) is 82.3 Å². The van der Waals surface area contributed by atoms with Crippen molar-refractivity contribution in [3.8, 4) is 0 Å². The van der Waals surface area contributed by atoms with E-state index in [0.717, 1.165) is 16.6 Å². The minimum atomic E-state index is -0.578. The van der Waals surface area contributed by atoms with Gasteiger partial charge in [0.25, 0.3) is 0 Å². The van der Waals surface area contributed by atoms with E-state index in [1.807, 2.05) is 25.1 Å². The molecule has 0 fully saturated rings. The number of pyridine rings is 1. The number of nitrogens with zero attached hydrogens (tertiary/aromatic N) is 4. The number of nitro groups is 1. The molecule has 2 N–H and O–H groups in total. The molecule has 0 aliphatic rings. The normalized spacial score (nSPS) is 10.6. The zero-order valence-electron chi connectivity index (χ0n) is 17.9. The van der Waals surface area contributed by atoms with Gasteiger partial charge in [-0.3, -0.25) is 15.1 Å². The summed E-state index contributed by atoms with van der Waals surface area (Å²) < 4.78 is 5.07. The first kappa shape index (κ1) is 21.6. The molecule has 0 atom stereocenters. The van der Waals surface area contributed by atoms with E-state index in [4.69, 9.17) is 4.74 Å². The van der Waals surface area contributed by atoms with Crippen molar-refractivity contribution in [3.63, 3.8) is 0 Å². The SMILES string of the molecule is CCOC(=O)c1ccccc1Nc1ncnc(Nc2cccc3nc(C)ccc23)c1[N+](=O)[O-]. The zero-order chi connectivity index (χ0) is 23.4. The van der Waals surface area contributed by atoms with E-state index in [1.54, 1.807) is 43.3 Å². The van der Waals surface area contributed by atoms with Gasteiger partial charge in [-0.1, -0.05) is 18.2 Å². The lowest BCUT2D eigenvalue weighted by molar-refractivity contribution is -0.383. The van der Waals surface area contributed by atoms with Crippen molar-refractivity contribution < 1.29 is 14.5 Å². The number of carbonyl (C=O) groups is 1. The van der Waals surface area contributed by atoms with Crippen LogP contribution in [0.25, 0.3) is 10.9 Å². The van der Waals surface area contributed by atoms with Gasteiger partial charge < -0.3 is 15.4 Å². The summed E-state index contributed by atoms with van der Waals surface area (Å²) in [6.07, 6.45) is 1.21. The van der Waals surface area contributed by atoms with E-state index in [9.17, 15) is 14.9 Å². The lowest BCUT2D eigenvalue weighted by Crippen LogP contribution is -2.10. The van der Waals surface area contributed by atoms with Gasteiger partial charge in [-0.15, -0.1) is 0 Å². The summed E-state index contributed by atoms with van der Waals surface area (Å²) in [5, 5.41) is 18.7. The Morgan fingerprint density at radius 1 is 1.00 bits per heavy atom. The van der Waals surface area contributed by atoms with E-state index >= 15 is 0 Å². The number of anilines is 4. The van der Waals surface area contributed by atoms with Gasteiger partial charge in [-0.2, -0.15) is 0 Å². The second-order valence-electron chi connectivity index (χ2n) is 7.02. The van der Waals surface area contributed by atoms with Crippen molar-refractivity contribution in [2.45, 2.75) is 13.8 Å². The van der Waals surface area contributed by atoms with Gasteiger partial charge in [-0.05, 0) is 50.2 Å². The highest BCUT2D eigenvalue weighted by Gasteiger charge is 2.25. The number of carbonyl (C=O) groups excluding carboxylic acids is 1. The van der Waals surface area contributed by atoms with E-state index in [2.05, 4.69) is 25.6 Å². The maximum Gasteiger partial charge on any atom is 0.353 e. The van der Waals surface area contributed by atoms with Gasteiger partial charge in [0.05, 0.1) is 28.3 Å². The topological polar surface area (TPSA) is 132 Å². The highest BCUT2D eigenvalue weighted by Crippen LogP contribution is 2.35. The Bertz CT molecular complexity index is 1360. The van der Waals surface area contributed by atoms with E-state index in [0.29, 0.717) is 11.4 Å². The summed E-state index contributed by atoms with van der Waals surface area (Å²) in [6.45, 7) is 3.79. The number of aromatic nitrogens is 3. The van der Waals surface area contributed by atoms with Crippen LogP contribution in [0.4, 0.5) is 28.7 Å². The minimum absolute atomic E-state index is 0.000749. The van der Waals surface area contributed by atoms with Gasteiger partial charge in [0.1, 0.15) is 6.33 Å². The number of esters is 1. The number of nitrogens with one attached hydrogen (secondary N) is 2. The molecule has 4 aromatic rings. The summed E-state index contributed by atoms with van der Waals surface area (Å²) in [5.74, 6) is -0.614. The number of benzene rings is 2. The Labute approximate surface area is 188 Å². The Morgan fingerprint density at radius 2 is 1.70 bits per heavy atom. The van der Waals surface area contributed by atoms with E-state index in [-0.39, 0.29) is 29.5 Å². The Morgan fingerprint density at radius 3 is 2.42 bits per heavy atom. The highest BCUT2D eigenvalue weighted by molar-refractivity contribution is 5.97. The van der Waals surface area contributed by atoms with Crippen LogP contribution in [0.3, 0.4) is 0 Å². The third kappa shape index (κ3) is 4.54. The first-order chi connectivity index (χ1) is 16.0. The molecule has 10 heteroatoms. The first-order valence-electron chi connectivity index (χ1n) is 10.1.